The van der Waals surface area contributed by atoms with Crippen LogP contribution in [-0.2, 0) is 6.42 Å². The predicted octanol–water partition coefficient (Wildman–Crippen LogP) is 3.31. The van der Waals surface area contributed by atoms with Crippen molar-refractivity contribution in [2.75, 3.05) is 13.6 Å². The van der Waals surface area contributed by atoms with Crippen LogP contribution in [0.5, 0.6) is 0 Å². The van der Waals surface area contributed by atoms with Crippen molar-refractivity contribution in [1.29, 1.82) is 0 Å². The van der Waals surface area contributed by atoms with Crippen molar-refractivity contribution < 1.29 is 0 Å². The average molecular weight is 262 g/mol. The Balaban J connectivity index is 2.37. The lowest BCUT2D eigenvalue weighted by Gasteiger charge is -2.36. The minimum atomic E-state index is 0.245. The number of rotatable bonds is 6. The summed E-state index contributed by atoms with van der Waals surface area (Å²) in [5.74, 6) is 0. The summed E-state index contributed by atoms with van der Waals surface area (Å²) >= 11 is 0. The molecule has 19 heavy (non-hydrogen) atoms. The Bertz CT molecular complexity index is 353. The molecular weight excluding hydrogens is 232 g/mol. The van der Waals surface area contributed by atoms with E-state index in [9.17, 15) is 0 Å². The minimum Gasteiger partial charge on any atom is -0.327 e. The molecule has 0 aliphatic heterocycles. The summed E-state index contributed by atoms with van der Waals surface area (Å²) in [5, 5.41) is 0. The summed E-state index contributed by atoms with van der Waals surface area (Å²) in [5.41, 5.74) is 7.94. The van der Waals surface area contributed by atoms with Crippen LogP contribution in [0.3, 0.4) is 0 Å². The highest BCUT2D eigenvalue weighted by Gasteiger charge is 2.24. The Morgan fingerprint density at radius 2 is 1.74 bits per heavy atom. The van der Waals surface area contributed by atoms with Crippen molar-refractivity contribution in [3.63, 3.8) is 0 Å². The van der Waals surface area contributed by atoms with Gasteiger partial charge in [0.15, 0.2) is 0 Å². The van der Waals surface area contributed by atoms with E-state index in [-0.39, 0.29) is 6.04 Å². The highest BCUT2D eigenvalue weighted by molar-refractivity contribution is 5.14. The summed E-state index contributed by atoms with van der Waals surface area (Å²) in [6.07, 6.45) is 2.12. The molecule has 1 aromatic rings. The summed E-state index contributed by atoms with van der Waals surface area (Å²) in [7, 11) is 2.18. The SMILES string of the molecule is CC(N(C)CC(N)CCc1ccccc1)C(C)(C)C. The molecule has 0 aromatic heterocycles. The Morgan fingerprint density at radius 1 is 1.16 bits per heavy atom. The maximum Gasteiger partial charge on any atom is 0.0170 e. The fourth-order valence-electron chi connectivity index (χ4n) is 2.28. The number of likely N-dealkylation sites (N-methyl/N-ethyl adjacent to an activating group) is 1. The van der Waals surface area contributed by atoms with Crippen molar-refractivity contribution in [1.82, 2.24) is 4.90 Å². The molecular formula is C17H30N2. The Labute approximate surface area is 119 Å². The minimum absolute atomic E-state index is 0.245. The molecule has 2 nitrogen and oxygen atoms in total. The first-order valence-electron chi connectivity index (χ1n) is 7.30. The van der Waals surface area contributed by atoms with Crippen LogP contribution in [0.25, 0.3) is 0 Å². The molecule has 0 spiro atoms. The van der Waals surface area contributed by atoms with Crippen molar-refractivity contribution in [2.45, 2.75) is 52.6 Å². The molecule has 108 valence electrons. The average Bonchev–Trinajstić information content (AvgIpc) is 2.35. The largest absolute Gasteiger partial charge is 0.327 e. The van der Waals surface area contributed by atoms with Gasteiger partial charge in [0.05, 0.1) is 0 Å². The van der Waals surface area contributed by atoms with Crippen molar-refractivity contribution in [3.05, 3.63) is 35.9 Å². The van der Waals surface area contributed by atoms with E-state index in [1.54, 1.807) is 0 Å². The molecule has 0 aliphatic carbocycles. The molecule has 2 N–H and O–H groups in total. The summed E-state index contributed by atoms with van der Waals surface area (Å²) < 4.78 is 0. The molecule has 1 rings (SSSR count). The van der Waals surface area contributed by atoms with Gasteiger partial charge in [0.2, 0.25) is 0 Å². The number of aryl methyl sites for hydroxylation is 1. The molecule has 0 radical (unpaired) electrons. The fraction of sp³-hybridized carbons (Fsp3) is 0.647. The Hall–Kier alpha value is -0.860. The maximum absolute atomic E-state index is 6.26. The number of hydrogen-bond donors (Lipinski definition) is 1. The van der Waals surface area contributed by atoms with Crippen LogP contribution in [0.2, 0.25) is 0 Å². The predicted molar refractivity (Wildman–Crippen MR) is 84.3 cm³/mol. The lowest BCUT2D eigenvalue weighted by atomic mass is 9.87. The monoisotopic (exact) mass is 262 g/mol. The van der Waals surface area contributed by atoms with Crippen LogP contribution in [0.1, 0.15) is 39.7 Å². The van der Waals surface area contributed by atoms with Gasteiger partial charge in [-0.3, -0.25) is 0 Å². The third kappa shape index (κ3) is 5.75. The van der Waals surface area contributed by atoms with E-state index in [2.05, 4.69) is 70.0 Å². The zero-order valence-corrected chi connectivity index (χ0v) is 13.2. The highest BCUT2D eigenvalue weighted by atomic mass is 15.1. The Morgan fingerprint density at radius 3 is 2.26 bits per heavy atom. The van der Waals surface area contributed by atoms with Gasteiger partial charge in [-0.1, -0.05) is 51.1 Å². The van der Waals surface area contributed by atoms with Crippen LogP contribution in [0, 0.1) is 5.41 Å². The van der Waals surface area contributed by atoms with E-state index in [0.29, 0.717) is 11.5 Å². The molecule has 2 heteroatoms. The summed E-state index contributed by atoms with van der Waals surface area (Å²) in [6.45, 7) is 10.1. The van der Waals surface area contributed by atoms with Gasteiger partial charge in [-0.2, -0.15) is 0 Å². The van der Waals surface area contributed by atoms with E-state index in [1.165, 1.54) is 5.56 Å². The van der Waals surface area contributed by atoms with E-state index in [1.807, 2.05) is 0 Å². The smallest absolute Gasteiger partial charge is 0.0170 e. The van der Waals surface area contributed by atoms with Gasteiger partial charge < -0.3 is 10.6 Å². The first-order valence-corrected chi connectivity index (χ1v) is 7.30. The molecule has 0 bridgehead atoms. The van der Waals surface area contributed by atoms with E-state index < -0.39 is 0 Å². The topological polar surface area (TPSA) is 29.3 Å². The van der Waals surface area contributed by atoms with Gasteiger partial charge in [-0.15, -0.1) is 0 Å². The fourth-order valence-corrected chi connectivity index (χ4v) is 2.28. The van der Waals surface area contributed by atoms with E-state index >= 15 is 0 Å². The van der Waals surface area contributed by atoms with Gasteiger partial charge in [0.25, 0.3) is 0 Å². The highest BCUT2D eigenvalue weighted by Crippen LogP contribution is 2.23. The van der Waals surface area contributed by atoms with Crippen LogP contribution < -0.4 is 5.73 Å². The third-order valence-corrected chi connectivity index (χ3v) is 4.08. The quantitative estimate of drug-likeness (QED) is 0.852. The lowest BCUT2D eigenvalue weighted by Crippen LogP contribution is -2.45. The summed E-state index contributed by atoms with van der Waals surface area (Å²) in [4.78, 5) is 2.38. The van der Waals surface area contributed by atoms with Crippen molar-refractivity contribution >= 4 is 0 Å². The molecule has 0 heterocycles. The van der Waals surface area contributed by atoms with E-state index in [0.717, 1.165) is 19.4 Å². The number of benzene rings is 1. The second-order valence-corrected chi connectivity index (χ2v) is 6.77. The molecule has 0 fully saturated rings. The van der Waals surface area contributed by atoms with Crippen LogP contribution in [-0.4, -0.2) is 30.6 Å². The molecule has 0 saturated carbocycles. The first-order chi connectivity index (χ1) is 8.80. The molecule has 2 atom stereocenters. The van der Waals surface area contributed by atoms with Crippen molar-refractivity contribution in [2.24, 2.45) is 11.1 Å². The van der Waals surface area contributed by atoms with Gasteiger partial charge in [-0.25, -0.2) is 0 Å². The van der Waals surface area contributed by atoms with Gasteiger partial charge in [0, 0.05) is 18.6 Å². The molecule has 0 saturated heterocycles. The van der Waals surface area contributed by atoms with Crippen LogP contribution in [0.15, 0.2) is 30.3 Å². The maximum atomic E-state index is 6.26. The number of nitrogens with two attached hydrogens (primary N) is 1. The van der Waals surface area contributed by atoms with Crippen LogP contribution >= 0.6 is 0 Å². The number of hydrogen-bond acceptors (Lipinski definition) is 2. The van der Waals surface area contributed by atoms with E-state index in [4.69, 9.17) is 5.73 Å². The second kappa shape index (κ2) is 7.06. The zero-order valence-electron chi connectivity index (χ0n) is 13.2. The molecule has 0 aliphatic rings. The second-order valence-electron chi connectivity index (χ2n) is 6.77. The first kappa shape index (κ1) is 16.2. The summed E-state index contributed by atoms with van der Waals surface area (Å²) in [6, 6.07) is 11.4. The number of nitrogens with zero attached hydrogens (tertiary/aromatic N) is 1. The standard InChI is InChI=1S/C17H30N2/c1-14(17(2,3)4)19(5)13-16(18)12-11-15-9-7-6-8-10-15/h6-10,14,16H,11-13,18H2,1-5H3. The lowest BCUT2D eigenvalue weighted by molar-refractivity contribution is 0.133. The molecule has 1 aromatic carbocycles. The van der Waals surface area contributed by atoms with Crippen LogP contribution in [0.4, 0.5) is 0 Å². The molecule has 2 unspecified atom stereocenters. The molecule has 0 amide bonds. The normalized spacial score (nSPS) is 15.5. The van der Waals surface area contributed by atoms with Gasteiger partial charge >= 0.3 is 0 Å². The van der Waals surface area contributed by atoms with Gasteiger partial charge in [0.1, 0.15) is 0 Å². The zero-order chi connectivity index (χ0) is 14.5. The van der Waals surface area contributed by atoms with Gasteiger partial charge in [-0.05, 0) is 37.8 Å². The Kier molecular flexibility index (Phi) is 6.02. The van der Waals surface area contributed by atoms with Crippen molar-refractivity contribution in [3.8, 4) is 0 Å². The third-order valence-electron chi connectivity index (χ3n) is 4.08.